The Kier molecular flexibility index (Phi) is 5.85. The van der Waals surface area contributed by atoms with Crippen LogP contribution in [0.3, 0.4) is 0 Å². The maximum atomic E-state index is 13.0. The summed E-state index contributed by atoms with van der Waals surface area (Å²) in [6.45, 7) is 5.75. The van der Waals surface area contributed by atoms with Gasteiger partial charge in [0.05, 0.1) is 18.7 Å². The summed E-state index contributed by atoms with van der Waals surface area (Å²) in [7, 11) is 0. The van der Waals surface area contributed by atoms with Crippen LogP contribution in [0.1, 0.15) is 49.9 Å². The summed E-state index contributed by atoms with van der Waals surface area (Å²) in [6.07, 6.45) is 0.962. The van der Waals surface area contributed by atoms with E-state index in [9.17, 15) is 14.7 Å². The molecule has 160 valence electrons. The summed E-state index contributed by atoms with van der Waals surface area (Å²) in [5, 5.41) is 19.0. The van der Waals surface area contributed by atoms with Crippen molar-refractivity contribution in [2.75, 3.05) is 13.1 Å². The molecule has 1 saturated heterocycles. The molecule has 2 amide bonds. The molecular formula is C22H29N5O3. The summed E-state index contributed by atoms with van der Waals surface area (Å²) in [5.74, 6) is 1.53. The lowest BCUT2D eigenvalue weighted by molar-refractivity contribution is -0.136. The van der Waals surface area contributed by atoms with Crippen LogP contribution in [0.25, 0.3) is 0 Å². The summed E-state index contributed by atoms with van der Waals surface area (Å²) in [5.41, 5.74) is 1.12. The van der Waals surface area contributed by atoms with Gasteiger partial charge in [-0.2, -0.15) is 0 Å². The van der Waals surface area contributed by atoms with E-state index in [-0.39, 0.29) is 23.8 Å². The highest BCUT2D eigenvalue weighted by atomic mass is 16.3. The van der Waals surface area contributed by atoms with E-state index in [1.165, 1.54) is 0 Å². The lowest BCUT2D eigenvalue weighted by Crippen LogP contribution is -2.41. The van der Waals surface area contributed by atoms with Gasteiger partial charge >= 0.3 is 0 Å². The number of hydrogen-bond donors (Lipinski definition) is 1. The highest BCUT2D eigenvalue weighted by Gasteiger charge is 2.39. The van der Waals surface area contributed by atoms with E-state index in [2.05, 4.69) is 10.2 Å². The number of likely N-dealkylation sites (tertiary alicyclic amines) is 1. The molecule has 2 atom stereocenters. The molecule has 1 fully saturated rings. The van der Waals surface area contributed by atoms with Gasteiger partial charge in [-0.25, -0.2) is 0 Å². The van der Waals surface area contributed by atoms with Crippen LogP contribution in [-0.2, 0) is 29.1 Å². The molecule has 0 aliphatic carbocycles. The fraction of sp³-hybridized carbons (Fsp3) is 0.545. The number of aliphatic hydroxyl groups is 1. The van der Waals surface area contributed by atoms with Gasteiger partial charge in [-0.1, -0.05) is 44.2 Å². The van der Waals surface area contributed by atoms with Gasteiger partial charge in [0.2, 0.25) is 11.8 Å². The molecule has 1 aromatic carbocycles. The van der Waals surface area contributed by atoms with E-state index in [4.69, 9.17) is 0 Å². The van der Waals surface area contributed by atoms with Crippen molar-refractivity contribution in [1.82, 2.24) is 24.6 Å². The van der Waals surface area contributed by atoms with E-state index < -0.39 is 6.10 Å². The van der Waals surface area contributed by atoms with E-state index in [0.29, 0.717) is 51.3 Å². The molecule has 2 aliphatic heterocycles. The van der Waals surface area contributed by atoms with Crippen molar-refractivity contribution < 1.29 is 14.7 Å². The fourth-order valence-electron chi connectivity index (χ4n) is 4.35. The third-order valence-corrected chi connectivity index (χ3v) is 5.96. The van der Waals surface area contributed by atoms with Gasteiger partial charge in [0.15, 0.2) is 11.6 Å². The van der Waals surface area contributed by atoms with E-state index in [1.54, 1.807) is 4.90 Å². The SMILES string of the molecule is CC(C)C(=O)N1CCn2c(nnc2C2CC(O)CN2C(=O)CCc2ccccc2)C1. The largest absolute Gasteiger partial charge is 0.391 e. The highest BCUT2D eigenvalue weighted by Crippen LogP contribution is 2.33. The average Bonchev–Trinajstić information content (AvgIpc) is 3.34. The van der Waals surface area contributed by atoms with Crippen molar-refractivity contribution >= 4 is 11.8 Å². The molecular weight excluding hydrogens is 382 g/mol. The van der Waals surface area contributed by atoms with Gasteiger partial charge in [0.25, 0.3) is 0 Å². The number of nitrogens with zero attached hydrogens (tertiary/aromatic N) is 5. The lowest BCUT2D eigenvalue weighted by Gasteiger charge is -2.31. The first-order valence-electron chi connectivity index (χ1n) is 10.7. The van der Waals surface area contributed by atoms with Crippen molar-refractivity contribution in [3.8, 4) is 0 Å². The number of aliphatic hydroxyl groups excluding tert-OH is 1. The van der Waals surface area contributed by atoms with Crippen LogP contribution in [0.5, 0.6) is 0 Å². The van der Waals surface area contributed by atoms with Crippen molar-refractivity contribution in [2.45, 2.75) is 58.3 Å². The van der Waals surface area contributed by atoms with Crippen LogP contribution in [-0.4, -0.2) is 60.7 Å². The topological polar surface area (TPSA) is 91.6 Å². The predicted molar refractivity (Wildman–Crippen MR) is 110 cm³/mol. The number of amides is 2. The molecule has 2 aromatic rings. The second kappa shape index (κ2) is 8.55. The molecule has 2 unspecified atom stereocenters. The molecule has 8 heteroatoms. The first kappa shape index (κ1) is 20.5. The van der Waals surface area contributed by atoms with Crippen LogP contribution in [0, 0.1) is 5.92 Å². The first-order valence-corrected chi connectivity index (χ1v) is 10.7. The Labute approximate surface area is 176 Å². The van der Waals surface area contributed by atoms with Gasteiger partial charge in [-0.05, 0) is 12.0 Å². The molecule has 0 radical (unpaired) electrons. The summed E-state index contributed by atoms with van der Waals surface area (Å²) in [4.78, 5) is 28.8. The molecule has 2 aliphatic rings. The molecule has 4 rings (SSSR count). The Bertz CT molecular complexity index is 911. The van der Waals surface area contributed by atoms with Gasteiger partial charge in [-0.15, -0.1) is 10.2 Å². The van der Waals surface area contributed by atoms with Crippen molar-refractivity contribution in [3.63, 3.8) is 0 Å². The zero-order valence-corrected chi connectivity index (χ0v) is 17.6. The zero-order valence-electron chi connectivity index (χ0n) is 17.6. The number of carbonyl (C=O) groups is 2. The fourth-order valence-corrected chi connectivity index (χ4v) is 4.35. The van der Waals surface area contributed by atoms with Crippen LogP contribution < -0.4 is 0 Å². The predicted octanol–water partition coefficient (Wildman–Crippen LogP) is 1.54. The maximum Gasteiger partial charge on any atom is 0.225 e. The molecule has 8 nitrogen and oxygen atoms in total. The highest BCUT2D eigenvalue weighted by molar-refractivity contribution is 5.78. The van der Waals surface area contributed by atoms with Crippen LogP contribution in [0.15, 0.2) is 30.3 Å². The van der Waals surface area contributed by atoms with E-state index in [0.717, 1.165) is 11.4 Å². The third-order valence-electron chi connectivity index (χ3n) is 5.96. The minimum absolute atomic E-state index is 0.0187. The van der Waals surface area contributed by atoms with Crippen molar-refractivity contribution in [3.05, 3.63) is 47.5 Å². The molecule has 1 aromatic heterocycles. The second-order valence-electron chi connectivity index (χ2n) is 8.48. The number of carbonyl (C=O) groups excluding carboxylic acids is 2. The molecule has 1 N–H and O–H groups in total. The first-order chi connectivity index (χ1) is 14.4. The normalized spacial score (nSPS) is 21.2. The molecule has 0 spiro atoms. The van der Waals surface area contributed by atoms with Crippen molar-refractivity contribution in [1.29, 1.82) is 0 Å². The quantitative estimate of drug-likeness (QED) is 0.806. The van der Waals surface area contributed by atoms with Crippen LogP contribution in [0.2, 0.25) is 0 Å². The zero-order chi connectivity index (χ0) is 21.3. The average molecular weight is 412 g/mol. The Morgan fingerprint density at radius 3 is 2.67 bits per heavy atom. The number of β-amino-alcohol motifs (C(OH)–C–C–N with tert-alkyl or cyclic N) is 1. The molecule has 0 saturated carbocycles. The van der Waals surface area contributed by atoms with Crippen LogP contribution in [0.4, 0.5) is 0 Å². The minimum Gasteiger partial charge on any atom is -0.391 e. The standard InChI is InChI=1S/C22H29N5O3/c1-15(2)22(30)25-10-11-26-19(14-25)23-24-21(26)18-12-17(28)13-27(18)20(29)9-8-16-6-4-3-5-7-16/h3-7,15,17-18,28H,8-14H2,1-2H3. The van der Waals surface area contributed by atoms with Gasteiger partial charge in [0.1, 0.15) is 0 Å². The summed E-state index contributed by atoms with van der Waals surface area (Å²) < 4.78 is 2.02. The number of hydrogen-bond acceptors (Lipinski definition) is 5. The monoisotopic (exact) mass is 411 g/mol. The third kappa shape index (κ3) is 4.09. The lowest BCUT2D eigenvalue weighted by atomic mass is 10.1. The Balaban J connectivity index is 1.48. The second-order valence-corrected chi connectivity index (χ2v) is 8.48. The van der Waals surface area contributed by atoms with Gasteiger partial charge in [0, 0.05) is 38.4 Å². The van der Waals surface area contributed by atoms with Gasteiger partial charge < -0.3 is 19.5 Å². The van der Waals surface area contributed by atoms with E-state index in [1.807, 2.05) is 53.6 Å². The number of aromatic nitrogens is 3. The number of benzene rings is 1. The molecule has 3 heterocycles. The molecule has 30 heavy (non-hydrogen) atoms. The number of rotatable bonds is 5. The van der Waals surface area contributed by atoms with Gasteiger partial charge in [-0.3, -0.25) is 9.59 Å². The number of aryl methyl sites for hydroxylation is 1. The smallest absolute Gasteiger partial charge is 0.225 e. The Hall–Kier alpha value is -2.74. The van der Waals surface area contributed by atoms with Crippen LogP contribution >= 0.6 is 0 Å². The van der Waals surface area contributed by atoms with E-state index >= 15 is 0 Å². The van der Waals surface area contributed by atoms with Crippen molar-refractivity contribution in [2.24, 2.45) is 5.92 Å². The summed E-state index contributed by atoms with van der Waals surface area (Å²) in [6, 6.07) is 9.65. The summed E-state index contributed by atoms with van der Waals surface area (Å²) >= 11 is 0. The number of fused-ring (bicyclic) bond motifs is 1. The minimum atomic E-state index is -0.564. The Morgan fingerprint density at radius 2 is 1.93 bits per heavy atom. The maximum absolute atomic E-state index is 13.0. The molecule has 0 bridgehead atoms. The Morgan fingerprint density at radius 1 is 1.17 bits per heavy atom.